The highest BCUT2D eigenvalue weighted by molar-refractivity contribution is 7.85. The van der Waals surface area contributed by atoms with Gasteiger partial charge in [-0.25, -0.2) is 9.45 Å². The fraction of sp³-hybridized carbons (Fsp3) is 0.364. The normalized spacial score (nSPS) is 15.7. The SMILES string of the molecule is CCCCS(=O)(=O)[NH+]([O-])c1cccc(C(=O)c2c[nH]c3ncc(C4CCC4)cc23)c1F. The van der Waals surface area contributed by atoms with Crippen molar-refractivity contribution < 1.29 is 22.1 Å². The number of hydrogen-bond donors (Lipinski definition) is 2. The lowest BCUT2D eigenvalue weighted by Crippen LogP contribution is -3.05. The fourth-order valence-electron chi connectivity index (χ4n) is 3.78. The molecule has 1 aliphatic rings. The summed E-state index contributed by atoms with van der Waals surface area (Å²) in [6, 6.07) is 5.59. The van der Waals surface area contributed by atoms with E-state index in [0.29, 0.717) is 29.8 Å². The van der Waals surface area contributed by atoms with Crippen LogP contribution in [0.3, 0.4) is 0 Å². The molecule has 1 saturated carbocycles. The molecule has 1 atom stereocenters. The highest BCUT2D eigenvalue weighted by Gasteiger charge is 2.28. The largest absolute Gasteiger partial charge is 0.613 e. The van der Waals surface area contributed by atoms with Crippen molar-refractivity contribution in [1.29, 1.82) is 0 Å². The minimum absolute atomic E-state index is 0.237. The third kappa shape index (κ3) is 4.00. The summed E-state index contributed by atoms with van der Waals surface area (Å²) >= 11 is 0. The molecule has 9 heteroatoms. The second kappa shape index (κ2) is 8.49. The number of benzene rings is 1. The maximum atomic E-state index is 15.2. The predicted octanol–water partition coefficient (Wildman–Crippen LogP) is 3.34. The number of aromatic amines is 1. The van der Waals surface area contributed by atoms with Gasteiger partial charge in [-0.1, -0.05) is 25.8 Å². The van der Waals surface area contributed by atoms with Crippen LogP contribution in [0.4, 0.5) is 10.1 Å². The highest BCUT2D eigenvalue weighted by atomic mass is 32.2. The van der Waals surface area contributed by atoms with Crippen molar-refractivity contribution in [2.75, 3.05) is 5.75 Å². The molecular formula is C22H24FN3O4S. The molecule has 0 spiro atoms. The van der Waals surface area contributed by atoms with Crippen LogP contribution in [0.5, 0.6) is 0 Å². The standard InChI is InChI=1S/C22H24FN3O4S/c1-2-3-10-31(29,30)26(28)19-9-5-8-16(20(19)23)21(27)18-13-25-22-17(18)11-15(12-24-22)14-6-4-7-14/h5,8-9,11-14,26H,2-4,6-7,10H2,1H3,(H,24,25). The van der Waals surface area contributed by atoms with Gasteiger partial charge in [0.2, 0.25) is 0 Å². The van der Waals surface area contributed by atoms with Crippen LogP contribution in [0.1, 0.15) is 66.4 Å². The minimum Gasteiger partial charge on any atom is -0.613 e. The molecule has 0 amide bonds. The van der Waals surface area contributed by atoms with Gasteiger partial charge in [-0.3, -0.25) is 4.79 Å². The molecule has 1 aliphatic carbocycles. The lowest BCUT2D eigenvalue weighted by atomic mass is 9.80. The number of carbonyl (C=O) groups excluding carboxylic acids is 1. The van der Waals surface area contributed by atoms with Gasteiger partial charge in [0.1, 0.15) is 11.4 Å². The molecule has 2 heterocycles. The van der Waals surface area contributed by atoms with Crippen molar-refractivity contribution in [2.24, 2.45) is 0 Å². The molecular weight excluding hydrogens is 421 g/mol. The number of nitrogens with zero attached hydrogens (tertiary/aromatic N) is 1. The van der Waals surface area contributed by atoms with E-state index in [-0.39, 0.29) is 16.9 Å². The number of sulfonamides is 1. The van der Waals surface area contributed by atoms with E-state index < -0.39 is 31.8 Å². The number of nitrogens with one attached hydrogen (secondary N) is 2. The van der Waals surface area contributed by atoms with Crippen LogP contribution in [-0.4, -0.2) is 29.9 Å². The number of hydrogen-bond acceptors (Lipinski definition) is 5. The summed E-state index contributed by atoms with van der Waals surface area (Å²) in [5.74, 6) is -1.68. The monoisotopic (exact) mass is 445 g/mol. The van der Waals surface area contributed by atoms with E-state index >= 15 is 4.39 Å². The van der Waals surface area contributed by atoms with Crippen LogP contribution < -0.4 is 4.47 Å². The molecule has 1 unspecified atom stereocenters. The number of aromatic nitrogens is 2. The van der Waals surface area contributed by atoms with Gasteiger partial charge in [-0.15, -0.1) is 0 Å². The molecule has 0 bridgehead atoms. The number of quaternary nitrogens is 1. The second-order valence-electron chi connectivity index (χ2n) is 7.95. The number of ketones is 1. The lowest BCUT2D eigenvalue weighted by Gasteiger charge is -2.25. The molecule has 4 rings (SSSR count). The molecule has 0 aliphatic heterocycles. The Hall–Kier alpha value is -2.62. The molecule has 0 saturated heterocycles. The topological polar surface area (TPSA) is 107 Å². The van der Waals surface area contributed by atoms with E-state index in [0.717, 1.165) is 30.9 Å². The van der Waals surface area contributed by atoms with Gasteiger partial charge >= 0.3 is 0 Å². The molecule has 7 nitrogen and oxygen atoms in total. The summed E-state index contributed by atoms with van der Waals surface area (Å²) in [6.07, 6.45) is 7.46. The lowest BCUT2D eigenvalue weighted by molar-refractivity contribution is -0.626. The smallest absolute Gasteiger partial charge is 0.300 e. The van der Waals surface area contributed by atoms with Gasteiger partial charge in [-0.2, -0.15) is 12.8 Å². The van der Waals surface area contributed by atoms with Crippen LogP contribution in [0.15, 0.2) is 36.7 Å². The first kappa shape index (κ1) is 21.6. The number of unbranched alkanes of at least 4 members (excludes halogenated alkanes) is 1. The van der Waals surface area contributed by atoms with E-state index in [9.17, 15) is 18.4 Å². The molecule has 1 aromatic carbocycles. The summed E-state index contributed by atoms with van der Waals surface area (Å²) < 4.78 is 38.4. The molecule has 3 aromatic rings. The number of H-pyrrole nitrogens is 1. The van der Waals surface area contributed by atoms with E-state index in [4.69, 9.17) is 0 Å². The third-order valence-electron chi connectivity index (χ3n) is 5.89. The Morgan fingerprint density at radius 2 is 2.10 bits per heavy atom. The maximum absolute atomic E-state index is 15.2. The van der Waals surface area contributed by atoms with E-state index in [1.807, 2.05) is 6.07 Å². The van der Waals surface area contributed by atoms with Crippen LogP contribution in [-0.2, 0) is 10.0 Å². The fourth-order valence-corrected chi connectivity index (χ4v) is 5.12. The Labute approximate surface area is 179 Å². The quantitative estimate of drug-likeness (QED) is 0.408. The Kier molecular flexibility index (Phi) is 5.92. The molecule has 0 radical (unpaired) electrons. The summed E-state index contributed by atoms with van der Waals surface area (Å²) in [7, 11) is -4.15. The summed E-state index contributed by atoms with van der Waals surface area (Å²) in [5.41, 5.74) is 0.850. The number of rotatable bonds is 8. The van der Waals surface area contributed by atoms with Gasteiger partial charge in [0.15, 0.2) is 17.3 Å². The Balaban J connectivity index is 1.70. The Morgan fingerprint density at radius 3 is 2.77 bits per heavy atom. The molecule has 2 N–H and O–H groups in total. The molecule has 31 heavy (non-hydrogen) atoms. The zero-order valence-corrected chi connectivity index (χ0v) is 18.0. The van der Waals surface area contributed by atoms with Crippen molar-refractivity contribution in [1.82, 2.24) is 9.97 Å². The number of carbonyl (C=O) groups is 1. The number of fused-ring (bicyclic) bond motifs is 1. The van der Waals surface area contributed by atoms with Gasteiger partial charge in [0.25, 0.3) is 10.0 Å². The van der Waals surface area contributed by atoms with E-state index in [2.05, 4.69) is 9.97 Å². The molecule has 164 valence electrons. The van der Waals surface area contributed by atoms with Crippen molar-refractivity contribution in [3.05, 3.63) is 64.4 Å². The Morgan fingerprint density at radius 1 is 1.32 bits per heavy atom. The summed E-state index contributed by atoms with van der Waals surface area (Å²) in [4.78, 5) is 20.5. The zero-order chi connectivity index (χ0) is 22.2. The van der Waals surface area contributed by atoms with Crippen molar-refractivity contribution in [2.45, 2.75) is 44.9 Å². The average Bonchev–Trinajstić information content (AvgIpc) is 3.13. The van der Waals surface area contributed by atoms with Crippen molar-refractivity contribution in [3.63, 3.8) is 0 Å². The zero-order valence-electron chi connectivity index (χ0n) is 17.2. The third-order valence-corrected chi connectivity index (χ3v) is 7.50. The summed E-state index contributed by atoms with van der Waals surface area (Å²) in [6.45, 7) is 1.80. The first-order valence-corrected chi connectivity index (χ1v) is 12.1. The molecule has 2 aromatic heterocycles. The van der Waals surface area contributed by atoms with Gasteiger partial charge in [-0.05, 0) is 42.9 Å². The van der Waals surface area contributed by atoms with E-state index in [1.165, 1.54) is 18.3 Å². The molecule has 1 fully saturated rings. The first-order chi connectivity index (χ1) is 14.8. The average molecular weight is 446 g/mol. The summed E-state index contributed by atoms with van der Waals surface area (Å²) in [5, 5.41) is 13.1. The number of halogens is 1. The van der Waals surface area contributed by atoms with Gasteiger partial charge in [0, 0.05) is 29.4 Å². The van der Waals surface area contributed by atoms with Gasteiger partial charge in [0.05, 0.1) is 5.56 Å². The van der Waals surface area contributed by atoms with Crippen molar-refractivity contribution in [3.8, 4) is 0 Å². The van der Waals surface area contributed by atoms with Crippen LogP contribution >= 0.6 is 0 Å². The van der Waals surface area contributed by atoms with Crippen LogP contribution in [0.2, 0.25) is 0 Å². The first-order valence-electron chi connectivity index (χ1n) is 10.4. The van der Waals surface area contributed by atoms with Crippen LogP contribution in [0, 0.1) is 11.0 Å². The Bertz CT molecular complexity index is 1230. The van der Waals surface area contributed by atoms with E-state index in [1.54, 1.807) is 13.1 Å². The maximum Gasteiger partial charge on any atom is 0.300 e. The minimum atomic E-state index is -4.15. The van der Waals surface area contributed by atoms with Crippen LogP contribution in [0.25, 0.3) is 11.0 Å². The predicted molar refractivity (Wildman–Crippen MR) is 115 cm³/mol. The van der Waals surface area contributed by atoms with Crippen molar-refractivity contribution >= 4 is 32.5 Å². The second-order valence-corrected chi connectivity index (χ2v) is 9.96. The number of pyridine rings is 1. The highest BCUT2D eigenvalue weighted by Crippen LogP contribution is 2.37. The van der Waals surface area contributed by atoms with Gasteiger partial charge < -0.3 is 10.2 Å².